The number of amides is 2. The molecule has 3 rings (SSSR count). The fraction of sp³-hybridized carbons (Fsp3) is 0.111. The molecule has 0 saturated carbocycles. The fourth-order valence-electron chi connectivity index (χ4n) is 2.44. The second-order valence-electron chi connectivity index (χ2n) is 5.23. The van der Waals surface area contributed by atoms with E-state index in [1.807, 2.05) is 0 Å². The standard InChI is InChI=1S/C18H15ClN2O4/c1-24-15-8-3-11(10-16(15)25-2)9-14-17(22)20-21(18(14)23)13-6-4-12(19)5-7-13/h3-10H,1-2H3,(H,20,22)/b14-9-. The van der Waals surface area contributed by atoms with E-state index in [0.717, 1.165) is 0 Å². The van der Waals surface area contributed by atoms with Crippen molar-refractivity contribution in [3.05, 3.63) is 58.6 Å². The lowest BCUT2D eigenvalue weighted by molar-refractivity contribution is -0.117. The van der Waals surface area contributed by atoms with Gasteiger partial charge in [-0.1, -0.05) is 17.7 Å². The molecular formula is C18H15ClN2O4. The Morgan fingerprint density at radius 2 is 1.68 bits per heavy atom. The molecule has 0 aromatic heterocycles. The van der Waals surface area contributed by atoms with Gasteiger partial charge in [0, 0.05) is 5.02 Å². The average molecular weight is 359 g/mol. The van der Waals surface area contributed by atoms with Gasteiger partial charge in [0.2, 0.25) is 0 Å². The number of hydrazine groups is 1. The minimum absolute atomic E-state index is 0.0298. The van der Waals surface area contributed by atoms with E-state index in [4.69, 9.17) is 21.1 Å². The Labute approximate surface area is 149 Å². The van der Waals surface area contributed by atoms with Crippen LogP contribution < -0.4 is 19.9 Å². The van der Waals surface area contributed by atoms with E-state index in [1.165, 1.54) is 25.3 Å². The van der Waals surface area contributed by atoms with E-state index in [-0.39, 0.29) is 5.57 Å². The smallest absolute Gasteiger partial charge is 0.282 e. The highest BCUT2D eigenvalue weighted by molar-refractivity contribution is 6.32. The second-order valence-corrected chi connectivity index (χ2v) is 5.67. The van der Waals surface area contributed by atoms with Crippen LogP contribution in [0.15, 0.2) is 48.0 Å². The lowest BCUT2D eigenvalue weighted by Gasteiger charge is -2.14. The highest BCUT2D eigenvalue weighted by atomic mass is 35.5. The molecule has 6 nitrogen and oxygen atoms in total. The van der Waals surface area contributed by atoms with E-state index in [0.29, 0.717) is 27.8 Å². The number of hydrogen-bond acceptors (Lipinski definition) is 4. The Kier molecular flexibility index (Phi) is 4.63. The molecule has 128 valence electrons. The summed E-state index contributed by atoms with van der Waals surface area (Å²) in [5.74, 6) is 0.156. The molecule has 25 heavy (non-hydrogen) atoms. The van der Waals surface area contributed by atoms with Gasteiger partial charge in [-0.2, -0.15) is 0 Å². The Bertz CT molecular complexity index is 862. The largest absolute Gasteiger partial charge is 0.493 e. The summed E-state index contributed by atoms with van der Waals surface area (Å²) in [6.07, 6.45) is 1.51. The maximum absolute atomic E-state index is 12.6. The number of hydrogen-bond donors (Lipinski definition) is 1. The molecule has 0 radical (unpaired) electrons. The number of ether oxygens (including phenoxy) is 2. The first kappa shape index (κ1) is 16.9. The molecule has 2 amide bonds. The van der Waals surface area contributed by atoms with E-state index < -0.39 is 11.8 Å². The quantitative estimate of drug-likeness (QED) is 0.674. The molecule has 1 fully saturated rings. The molecule has 0 bridgehead atoms. The highest BCUT2D eigenvalue weighted by Crippen LogP contribution is 2.29. The van der Waals surface area contributed by atoms with Gasteiger partial charge in [0.15, 0.2) is 11.5 Å². The number of rotatable bonds is 4. The first-order valence-corrected chi connectivity index (χ1v) is 7.76. The van der Waals surface area contributed by atoms with Crippen molar-refractivity contribution in [2.24, 2.45) is 0 Å². The molecule has 1 heterocycles. The van der Waals surface area contributed by atoms with Crippen molar-refractivity contribution in [3.63, 3.8) is 0 Å². The topological polar surface area (TPSA) is 67.9 Å². The maximum Gasteiger partial charge on any atom is 0.282 e. The zero-order chi connectivity index (χ0) is 18.0. The monoisotopic (exact) mass is 358 g/mol. The van der Waals surface area contributed by atoms with Crippen molar-refractivity contribution in [2.75, 3.05) is 19.2 Å². The van der Waals surface area contributed by atoms with Crippen LogP contribution in [-0.4, -0.2) is 26.0 Å². The molecule has 1 saturated heterocycles. The zero-order valence-electron chi connectivity index (χ0n) is 13.6. The molecule has 0 spiro atoms. The molecule has 0 unspecified atom stereocenters. The number of carbonyl (C=O) groups excluding carboxylic acids is 2. The van der Waals surface area contributed by atoms with Crippen molar-refractivity contribution < 1.29 is 19.1 Å². The maximum atomic E-state index is 12.6. The Hall–Kier alpha value is -2.99. The number of halogens is 1. The Morgan fingerprint density at radius 3 is 2.32 bits per heavy atom. The molecule has 2 aromatic rings. The predicted molar refractivity (Wildman–Crippen MR) is 94.6 cm³/mol. The minimum atomic E-state index is -0.477. The molecule has 7 heteroatoms. The van der Waals surface area contributed by atoms with E-state index in [1.54, 1.807) is 42.5 Å². The molecule has 0 aliphatic carbocycles. The third-order valence-electron chi connectivity index (χ3n) is 3.69. The third kappa shape index (κ3) is 3.29. The van der Waals surface area contributed by atoms with Crippen LogP contribution in [0.5, 0.6) is 11.5 Å². The van der Waals surface area contributed by atoms with Crippen LogP contribution in [0.4, 0.5) is 5.69 Å². The van der Waals surface area contributed by atoms with Crippen LogP contribution in [0.3, 0.4) is 0 Å². The SMILES string of the molecule is COc1ccc(/C=C2/C(=O)NN(c3ccc(Cl)cc3)C2=O)cc1OC. The normalized spacial score (nSPS) is 15.5. The molecule has 1 aliphatic heterocycles. The van der Waals surface area contributed by atoms with Crippen molar-refractivity contribution in [3.8, 4) is 11.5 Å². The number of carbonyl (C=O) groups is 2. The van der Waals surface area contributed by atoms with Gasteiger partial charge >= 0.3 is 0 Å². The summed E-state index contributed by atoms with van der Waals surface area (Å²) < 4.78 is 10.4. The van der Waals surface area contributed by atoms with Crippen molar-refractivity contribution in [1.82, 2.24) is 5.43 Å². The number of nitrogens with one attached hydrogen (secondary N) is 1. The third-order valence-corrected chi connectivity index (χ3v) is 3.95. The summed E-state index contributed by atoms with van der Waals surface area (Å²) in [5.41, 5.74) is 3.74. The Balaban J connectivity index is 1.92. The molecule has 1 aliphatic rings. The summed E-state index contributed by atoms with van der Waals surface area (Å²) in [6.45, 7) is 0. The van der Waals surface area contributed by atoms with Gasteiger partial charge in [0.25, 0.3) is 11.8 Å². The van der Waals surface area contributed by atoms with Gasteiger partial charge in [-0.25, -0.2) is 5.01 Å². The van der Waals surface area contributed by atoms with Gasteiger partial charge in [-0.15, -0.1) is 0 Å². The van der Waals surface area contributed by atoms with Gasteiger partial charge in [-0.05, 0) is 48.0 Å². The zero-order valence-corrected chi connectivity index (χ0v) is 14.3. The molecular weight excluding hydrogens is 344 g/mol. The first-order valence-electron chi connectivity index (χ1n) is 7.38. The molecule has 1 N–H and O–H groups in total. The van der Waals surface area contributed by atoms with Crippen LogP contribution in [-0.2, 0) is 9.59 Å². The lowest BCUT2D eigenvalue weighted by atomic mass is 10.1. The average Bonchev–Trinajstić information content (AvgIpc) is 2.90. The van der Waals surface area contributed by atoms with Gasteiger partial charge < -0.3 is 9.47 Å². The first-order chi connectivity index (χ1) is 12.0. The van der Waals surface area contributed by atoms with E-state index >= 15 is 0 Å². The predicted octanol–water partition coefficient (Wildman–Crippen LogP) is 2.82. The minimum Gasteiger partial charge on any atom is -0.493 e. The van der Waals surface area contributed by atoms with Crippen LogP contribution in [0.25, 0.3) is 6.08 Å². The van der Waals surface area contributed by atoms with Crippen molar-refractivity contribution in [1.29, 1.82) is 0 Å². The van der Waals surface area contributed by atoms with Crippen LogP contribution >= 0.6 is 11.6 Å². The summed E-state index contributed by atoms with van der Waals surface area (Å²) in [4.78, 5) is 24.8. The van der Waals surface area contributed by atoms with Gasteiger partial charge in [0.1, 0.15) is 5.57 Å². The highest BCUT2D eigenvalue weighted by Gasteiger charge is 2.34. The van der Waals surface area contributed by atoms with Crippen LogP contribution in [0, 0.1) is 0 Å². The van der Waals surface area contributed by atoms with Crippen molar-refractivity contribution >= 4 is 35.2 Å². The van der Waals surface area contributed by atoms with Crippen molar-refractivity contribution in [2.45, 2.75) is 0 Å². The summed E-state index contributed by atoms with van der Waals surface area (Å²) in [5, 5.41) is 1.73. The van der Waals surface area contributed by atoms with E-state index in [2.05, 4.69) is 5.43 Å². The molecule has 2 aromatic carbocycles. The summed E-state index contributed by atoms with van der Waals surface area (Å²) >= 11 is 5.85. The summed E-state index contributed by atoms with van der Waals surface area (Å²) in [6, 6.07) is 11.7. The van der Waals surface area contributed by atoms with Crippen LogP contribution in [0.2, 0.25) is 5.02 Å². The number of anilines is 1. The molecule has 0 atom stereocenters. The second kappa shape index (κ2) is 6.86. The van der Waals surface area contributed by atoms with E-state index in [9.17, 15) is 9.59 Å². The summed E-state index contributed by atoms with van der Waals surface area (Å²) in [7, 11) is 3.05. The van der Waals surface area contributed by atoms with Crippen LogP contribution in [0.1, 0.15) is 5.56 Å². The number of benzene rings is 2. The van der Waals surface area contributed by atoms with Gasteiger partial charge in [0.05, 0.1) is 19.9 Å². The lowest BCUT2D eigenvalue weighted by Crippen LogP contribution is -2.35. The number of methoxy groups -OCH3 is 2. The number of nitrogens with zero attached hydrogens (tertiary/aromatic N) is 1. The Morgan fingerprint density at radius 1 is 1.00 bits per heavy atom. The fourth-order valence-corrected chi connectivity index (χ4v) is 2.56. The van der Waals surface area contributed by atoms with Gasteiger partial charge in [-0.3, -0.25) is 15.0 Å².